The van der Waals surface area contributed by atoms with Crippen molar-refractivity contribution in [2.24, 2.45) is 0 Å². The molecule has 0 aliphatic carbocycles. The molecule has 1 fully saturated rings. The van der Waals surface area contributed by atoms with Gasteiger partial charge in [-0.2, -0.15) is 4.31 Å². The van der Waals surface area contributed by atoms with Crippen LogP contribution in [-0.2, 0) is 10.0 Å². The SMILES string of the molecule is CCCCN1C(C)CNCCCS1(=O)=O. The Bertz CT molecular complexity index is 277. The van der Waals surface area contributed by atoms with Crippen molar-refractivity contribution in [3.05, 3.63) is 0 Å². The van der Waals surface area contributed by atoms with Crippen molar-refractivity contribution in [2.45, 2.75) is 39.2 Å². The van der Waals surface area contributed by atoms with Gasteiger partial charge in [0.2, 0.25) is 10.0 Å². The zero-order valence-corrected chi connectivity index (χ0v) is 10.5. The number of rotatable bonds is 3. The summed E-state index contributed by atoms with van der Waals surface area (Å²) in [6.45, 7) is 6.31. The molecule has 0 aromatic rings. The number of hydrogen-bond acceptors (Lipinski definition) is 3. The monoisotopic (exact) mass is 234 g/mol. The van der Waals surface area contributed by atoms with E-state index in [1.807, 2.05) is 6.92 Å². The number of nitrogens with zero attached hydrogens (tertiary/aromatic N) is 1. The number of nitrogens with one attached hydrogen (secondary N) is 1. The van der Waals surface area contributed by atoms with E-state index in [9.17, 15) is 8.42 Å². The Hall–Kier alpha value is -0.130. The van der Waals surface area contributed by atoms with E-state index in [2.05, 4.69) is 12.2 Å². The summed E-state index contributed by atoms with van der Waals surface area (Å²) >= 11 is 0. The van der Waals surface area contributed by atoms with Crippen LogP contribution in [0, 0.1) is 0 Å². The van der Waals surface area contributed by atoms with Gasteiger partial charge in [0.25, 0.3) is 0 Å². The molecule has 4 nitrogen and oxygen atoms in total. The molecule has 1 unspecified atom stereocenters. The van der Waals surface area contributed by atoms with Crippen LogP contribution in [-0.4, -0.2) is 44.2 Å². The summed E-state index contributed by atoms with van der Waals surface area (Å²) in [4.78, 5) is 0. The van der Waals surface area contributed by atoms with Gasteiger partial charge in [-0.05, 0) is 26.3 Å². The van der Waals surface area contributed by atoms with Gasteiger partial charge in [0.1, 0.15) is 0 Å². The molecule has 15 heavy (non-hydrogen) atoms. The first-order valence-corrected chi connectivity index (χ1v) is 7.39. The fourth-order valence-corrected chi connectivity index (χ4v) is 3.63. The minimum Gasteiger partial charge on any atom is -0.315 e. The molecule has 0 radical (unpaired) electrons. The normalized spacial score (nSPS) is 28.3. The van der Waals surface area contributed by atoms with Gasteiger partial charge in [0.15, 0.2) is 0 Å². The van der Waals surface area contributed by atoms with E-state index in [0.29, 0.717) is 6.54 Å². The quantitative estimate of drug-likeness (QED) is 0.786. The standard InChI is InChI=1S/C10H22N2O2S/c1-3-4-7-12-10(2)9-11-6-5-8-15(12,13)14/h10-11H,3-9H2,1-2H3. The molecular weight excluding hydrogens is 212 g/mol. The minimum atomic E-state index is -3.01. The van der Waals surface area contributed by atoms with Crippen LogP contribution in [0.4, 0.5) is 0 Å². The van der Waals surface area contributed by atoms with Gasteiger partial charge < -0.3 is 5.32 Å². The largest absolute Gasteiger partial charge is 0.315 e. The third kappa shape index (κ3) is 3.74. The van der Waals surface area contributed by atoms with Gasteiger partial charge in [-0.15, -0.1) is 0 Å². The Labute approximate surface area is 93.1 Å². The number of unbranched alkanes of at least 4 members (excludes halogenated alkanes) is 1. The molecule has 1 rings (SSSR count). The minimum absolute atomic E-state index is 0.0850. The van der Waals surface area contributed by atoms with Gasteiger partial charge in [-0.25, -0.2) is 8.42 Å². The maximum absolute atomic E-state index is 12.0. The van der Waals surface area contributed by atoms with E-state index >= 15 is 0 Å². The lowest BCUT2D eigenvalue weighted by atomic mass is 10.3. The fourth-order valence-electron chi connectivity index (χ4n) is 1.86. The van der Waals surface area contributed by atoms with Crippen LogP contribution in [0.5, 0.6) is 0 Å². The van der Waals surface area contributed by atoms with E-state index in [1.54, 1.807) is 4.31 Å². The molecule has 1 N–H and O–H groups in total. The van der Waals surface area contributed by atoms with Crippen LogP contribution in [0.2, 0.25) is 0 Å². The Morgan fingerprint density at radius 2 is 2.20 bits per heavy atom. The summed E-state index contributed by atoms with van der Waals surface area (Å²) in [6.07, 6.45) is 2.70. The molecule has 0 saturated carbocycles. The summed E-state index contributed by atoms with van der Waals surface area (Å²) in [5.41, 5.74) is 0. The molecule has 0 bridgehead atoms. The highest BCUT2D eigenvalue weighted by Gasteiger charge is 2.27. The van der Waals surface area contributed by atoms with Crippen molar-refractivity contribution in [1.82, 2.24) is 9.62 Å². The van der Waals surface area contributed by atoms with E-state index in [4.69, 9.17) is 0 Å². The van der Waals surface area contributed by atoms with E-state index in [-0.39, 0.29) is 11.8 Å². The second-order valence-corrected chi connectivity index (χ2v) is 6.23. The highest BCUT2D eigenvalue weighted by Crippen LogP contribution is 2.12. The highest BCUT2D eigenvalue weighted by atomic mass is 32.2. The molecule has 1 saturated heterocycles. The molecule has 1 aliphatic rings. The van der Waals surface area contributed by atoms with Crippen molar-refractivity contribution in [3.8, 4) is 0 Å². The van der Waals surface area contributed by atoms with Crippen LogP contribution in [0.15, 0.2) is 0 Å². The van der Waals surface area contributed by atoms with Gasteiger partial charge in [-0.1, -0.05) is 13.3 Å². The Kier molecular flexibility index (Phi) is 5.02. The summed E-state index contributed by atoms with van der Waals surface area (Å²) < 4.78 is 25.6. The van der Waals surface area contributed by atoms with E-state index in [0.717, 1.165) is 32.4 Å². The second-order valence-electron chi connectivity index (χ2n) is 4.19. The van der Waals surface area contributed by atoms with E-state index in [1.165, 1.54) is 0 Å². The summed E-state index contributed by atoms with van der Waals surface area (Å²) in [6, 6.07) is 0.0850. The lowest BCUT2D eigenvalue weighted by Gasteiger charge is -2.30. The third-order valence-corrected chi connectivity index (χ3v) is 4.84. The van der Waals surface area contributed by atoms with E-state index < -0.39 is 10.0 Å². The van der Waals surface area contributed by atoms with Crippen molar-refractivity contribution < 1.29 is 8.42 Å². The Morgan fingerprint density at radius 1 is 1.47 bits per heavy atom. The van der Waals surface area contributed by atoms with Crippen molar-refractivity contribution in [3.63, 3.8) is 0 Å². The summed E-state index contributed by atoms with van der Waals surface area (Å²) in [5, 5.41) is 3.28. The van der Waals surface area contributed by atoms with Crippen LogP contribution < -0.4 is 5.32 Å². The van der Waals surface area contributed by atoms with Gasteiger partial charge in [-0.3, -0.25) is 0 Å². The smallest absolute Gasteiger partial charge is 0.214 e. The van der Waals surface area contributed by atoms with Crippen LogP contribution in [0.3, 0.4) is 0 Å². The molecule has 1 atom stereocenters. The molecule has 1 heterocycles. The molecule has 90 valence electrons. The molecule has 0 spiro atoms. The molecule has 0 amide bonds. The summed E-state index contributed by atoms with van der Waals surface area (Å²) in [7, 11) is -3.01. The van der Waals surface area contributed by atoms with Crippen molar-refractivity contribution >= 4 is 10.0 Å². The average molecular weight is 234 g/mol. The maximum atomic E-state index is 12.0. The lowest BCUT2D eigenvalue weighted by Crippen LogP contribution is -2.47. The maximum Gasteiger partial charge on any atom is 0.214 e. The topological polar surface area (TPSA) is 49.4 Å². The van der Waals surface area contributed by atoms with Gasteiger partial charge in [0, 0.05) is 19.1 Å². The molecular formula is C10H22N2O2S. The predicted molar refractivity (Wildman–Crippen MR) is 62.3 cm³/mol. The zero-order chi connectivity index (χ0) is 11.3. The second kappa shape index (κ2) is 5.82. The number of sulfonamides is 1. The molecule has 0 aromatic heterocycles. The van der Waals surface area contributed by atoms with Crippen LogP contribution >= 0.6 is 0 Å². The average Bonchev–Trinajstić information content (AvgIpc) is 2.15. The van der Waals surface area contributed by atoms with Gasteiger partial charge >= 0.3 is 0 Å². The number of hydrogen-bond donors (Lipinski definition) is 1. The van der Waals surface area contributed by atoms with Gasteiger partial charge in [0.05, 0.1) is 5.75 Å². The summed E-state index contributed by atoms with van der Waals surface area (Å²) in [5.74, 6) is 0.286. The van der Waals surface area contributed by atoms with Crippen molar-refractivity contribution in [1.29, 1.82) is 0 Å². The van der Waals surface area contributed by atoms with Crippen LogP contribution in [0.25, 0.3) is 0 Å². The molecule has 0 aromatic carbocycles. The molecule has 1 aliphatic heterocycles. The predicted octanol–water partition coefficient (Wildman–Crippen LogP) is 0.800. The Morgan fingerprint density at radius 3 is 2.87 bits per heavy atom. The first-order valence-electron chi connectivity index (χ1n) is 5.78. The highest BCUT2D eigenvalue weighted by molar-refractivity contribution is 7.89. The third-order valence-electron chi connectivity index (χ3n) is 2.78. The molecule has 5 heteroatoms. The van der Waals surface area contributed by atoms with Crippen LogP contribution in [0.1, 0.15) is 33.1 Å². The first-order chi connectivity index (χ1) is 7.08. The first kappa shape index (κ1) is 12.9. The zero-order valence-electron chi connectivity index (χ0n) is 9.70. The fraction of sp³-hybridized carbons (Fsp3) is 1.00. The van der Waals surface area contributed by atoms with Crippen molar-refractivity contribution in [2.75, 3.05) is 25.4 Å². The Balaban J connectivity index is 2.71. The lowest BCUT2D eigenvalue weighted by molar-refractivity contribution is 0.313.